The molecule has 0 aliphatic carbocycles. The topological polar surface area (TPSA) is 146 Å². The lowest BCUT2D eigenvalue weighted by Gasteiger charge is -2.25. The molecule has 0 fully saturated rings. The van der Waals surface area contributed by atoms with Gasteiger partial charge in [-0.05, 0) is 48.0 Å². The number of amidine groups is 1. The number of para-hydroxylation sites is 1. The number of benzene rings is 4. The molecule has 42 heavy (non-hydrogen) atoms. The van der Waals surface area contributed by atoms with Gasteiger partial charge < -0.3 is 10.7 Å². The Morgan fingerprint density at radius 2 is 1.64 bits per heavy atom. The van der Waals surface area contributed by atoms with Gasteiger partial charge in [-0.2, -0.15) is 0 Å². The molecular formula is C31H25ClN6O3S. The molecule has 0 atom stereocenters. The Balaban J connectivity index is 0.00000353. The third-order valence-corrected chi connectivity index (χ3v) is 8.48. The van der Waals surface area contributed by atoms with E-state index in [1.165, 1.54) is 22.5 Å². The quantitative estimate of drug-likeness (QED) is 0.168. The van der Waals surface area contributed by atoms with Gasteiger partial charge in [0.2, 0.25) is 0 Å². The molecule has 11 heteroatoms. The number of hydrogen-bond donors (Lipinski definition) is 3. The number of aromatic amines is 1. The summed E-state index contributed by atoms with van der Waals surface area (Å²) in [6, 6.07) is 29.1. The monoisotopic (exact) mass is 596 g/mol. The standard InChI is InChI=1S/C31H24N6O3S.ClH/c32-30(33)22-13-11-20(12-14-22)18-28-35-26-16-15-23(19-25(26)31(38)36-28)37(41(39,40)24-8-2-1-3-9-24)27-10-4-6-21-7-5-17-34-29(21)27;/h1-17,19H,18H2,(H3,32,33)(H,35,36,38);1H. The number of halogens is 1. The summed E-state index contributed by atoms with van der Waals surface area (Å²) in [5, 5.41) is 8.58. The number of nitrogen functional groups attached to an aromatic ring is 1. The van der Waals surface area contributed by atoms with Gasteiger partial charge in [0, 0.05) is 23.6 Å². The summed E-state index contributed by atoms with van der Waals surface area (Å²) in [6.07, 6.45) is 1.98. The van der Waals surface area contributed by atoms with Crippen LogP contribution in [0.3, 0.4) is 0 Å². The van der Waals surface area contributed by atoms with Crippen LogP contribution < -0.4 is 15.6 Å². The number of H-pyrrole nitrogens is 1. The summed E-state index contributed by atoms with van der Waals surface area (Å²) < 4.78 is 29.4. The van der Waals surface area contributed by atoms with Crippen LogP contribution in [0.4, 0.5) is 11.4 Å². The number of nitrogens with zero attached hydrogens (tertiary/aromatic N) is 3. The van der Waals surface area contributed by atoms with E-state index in [2.05, 4.69) is 15.0 Å². The van der Waals surface area contributed by atoms with Gasteiger partial charge in [-0.1, -0.05) is 60.7 Å². The van der Waals surface area contributed by atoms with Crippen molar-refractivity contribution >= 4 is 61.4 Å². The molecule has 4 N–H and O–H groups in total. The Kier molecular flexibility index (Phi) is 7.75. The van der Waals surface area contributed by atoms with Crippen LogP contribution in [0.5, 0.6) is 0 Å². The fourth-order valence-electron chi connectivity index (χ4n) is 4.74. The molecule has 0 radical (unpaired) electrons. The molecule has 2 heterocycles. The highest BCUT2D eigenvalue weighted by atomic mass is 35.5. The van der Waals surface area contributed by atoms with E-state index in [1.807, 2.05) is 24.3 Å². The van der Waals surface area contributed by atoms with Gasteiger partial charge in [0.05, 0.1) is 32.7 Å². The van der Waals surface area contributed by atoms with E-state index in [9.17, 15) is 13.2 Å². The van der Waals surface area contributed by atoms with E-state index >= 15 is 0 Å². The zero-order valence-electron chi connectivity index (χ0n) is 22.1. The molecule has 210 valence electrons. The maximum atomic E-state index is 14.1. The smallest absolute Gasteiger partial charge is 0.268 e. The number of nitrogens with two attached hydrogens (primary N) is 1. The van der Waals surface area contributed by atoms with Crippen molar-refractivity contribution in [2.24, 2.45) is 5.73 Å². The van der Waals surface area contributed by atoms with Gasteiger partial charge in [-0.15, -0.1) is 12.4 Å². The van der Waals surface area contributed by atoms with E-state index in [1.54, 1.807) is 66.9 Å². The first-order valence-electron chi connectivity index (χ1n) is 12.7. The van der Waals surface area contributed by atoms with E-state index in [4.69, 9.17) is 11.1 Å². The molecule has 0 saturated heterocycles. The highest BCUT2D eigenvalue weighted by molar-refractivity contribution is 7.93. The van der Waals surface area contributed by atoms with Gasteiger partial charge >= 0.3 is 0 Å². The van der Waals surface area contributed by atoms with Crippen LogP contribution in [0.1, 0.15) is 17.0 Å². The largest absolute Gasteiger partial charge is 0.384 e. The molecule has 0 unspecified atom stereocenters. The molecule has 9 nitrogen and oxygen atoms in total. The molecule has 0 saturated carbocycles. The summed E-state index contributed by atoms with van der Waals surface area (Å²) in [4.78, 5) is 25.3. The number of sulfonamides is 1. The van der Waals surface area contributed by atoms with Crippen molar-refractivity contribution in [3.8, 4) is 0 Å². The van der Waals surface area contributed by atoms with Gasteiger partial charge in [0.15, 0.2) is 0 Å². The van der Waals surface area contributed by atoms with Crippen LogP contribution in [-0.2, 0) is 16.4 Å². The van der Waals surface area contributed by atoms with Crippen molar-refractivity contribution in [3.05, 3.63) is 137 Å². The highest BCUT2D eigenvalue weighted by Gasteiger charge is 2.29. The Hall–Kier alpha value is -5.06. The maximum Gasteiger partial charge on any atom is 0.268 e. The molecular weight excluding hydrogens is 572 g/mol. The van der Waals surface area contributed by atoms with Crippen molar-refractivity contribution in [2.75, 3.05) is 4.31 Å². The number of anilines is 2. The summed E-state index contributed by atoms with van der Waals surface area (Å²) in [7, 11) is -4.10. The third-order valence-electron chi connectivity index (χ3n) is 6.72. The predicted molar refractivity (Wildman–Crippen MR) is 167 cm³/mol. The SMILES string of the molecule is Cl.N=C(N)c1ccc(Cc2nc3ccc(N(c4cccc5cccnc45)S(=O)(=O)c4ccccc4)cc3c(=O)[nH]2)cc1. The number of rotatable bonds is 7. The Labute approximate surface area is 247 Å². The average Bonchev–Trinajstić information content (AvgIpc) is 2.98. The van der Waals surface area contributed by atoms with Gasteiger partial charge in [0.1, 0.15) is 11.7 Å². The Bertz CT molecular complexity index is 2100. The van der Waals surface area contributed by atoms with Crippen molar-refractivity contribution < 1.29 is 8.42 Å². The number of aromatic nitrogens is 3. The average molecular weight is 597 g/mol. The first-order chi connectivity index (χ1) is 19.8. The van der Waals surface area contributed by atoms with E-state index in [0.717, 1.165) is 10.9 Å². The molecule has 4 aromatic carbocycles. The molecule has 6 rings (SSSR count). The lowest BCUT2D eigenvalue weighted by Crippen LogP contribution is -2.27. The maximum absolute atomic E-state index is 14.1. The molecule has 0 bridgehead atoms. The van der Waals surface area contributed by atoms with E-state index < -0.39 is 10.0 Å². The summed E-state index contributed by atoms with van der Waals surface area (Å²) in [5.74, 6) is 0.435. The first-order valence-corrected chi connectivity index (χ1v) is 14.2. The van der Waals surface area contributed by atoms with Crippen molar-refractivity contribution in [1.82, 2.24) is 15.0 Å². The van der Waals surface area contributed by atoms with Crippen LogP contribution >= 0.6 is 12.4 Å². The molecule has 0 aliphatic heterocycles. The Morgan fingerprint density at radius 1 is 0.905 bits per heavy atom. The lowest BCUT2D eigenvalue weighted by molar-refractivity contribution is 0.596. The third kappa shape index (κ3) is 5.32. The molecule has 0 amide bonds. The van der Waals surface area contributed by atoms with Gasteiger partial charge in [-0.3, -0.25) is 15.2 Å². The molecule has 0 aliphatic rings. The zero-order valence-corrected chi connectivity index (χ0v) is 23.7. The molecule has 0 spiro atoms. The van der Waals surface area contributed by atoms with Crippen LogP contribution in [0.2, 0.25) is 0 Å². The lowest BCUT2D eigenvalue weighted by atomic mass is 10.1. The number of pyridine rings is 1. The van der Waals surface area contributed by atoms with Crippen LogP contribution in [0, 0.1) is 5.41 Å². The number of nitrogens with one attached hydrogen (secondary N) is 2. The second-order valence-corrected chi connectivity index (χ2v) is 11.2. The molecule has 6 aromatic rings. The fourth-order valence-corrected chi connectivity index (χ4v) is 6.25. The second-order valence-electron chi connectivity index (χ2n) is 9.44. The second kappa shape index (κ2) is 11.4. The van der Waals surface area contributed by atoms with Crippen LogP contribution in [0.15, 0.2) is 119 Å². The minimum absolute atomic E-state index is 0. The van der Waals surface area contributed by atoms with E-state index in [-0.39, 0.29) is 39.8 Å². The fraction of sp³-hybridized carbons (Fsp3) is 0.0323. The first kappa shape index (κ1) is 28.5. The number of fused-ring (bicyclic) bond motifs is 2. The number of hydrogen-bond acceptors (Lipinski definition) is 6. The normalized spacial score (nSPS) is 11.2. The predicted octanol–water partition coefficient (Wildman–Crippen LogP) is 5.29. The summed E-state index contributed by atoms with van der Waals surface area (Å²) >= 11 is 0. The van der Waals surface area contributed by atoms with Crippen molar-refractivity contribution in [1.29, 1.82) is 5.41 Å². The van der Waals surface area contributed by atoms with Crippen molar-refractivity contribution in [3.63, 3.8) is 0 Å². The van der Waals surface area contributed by atoms with Crippen LogP contribution in [0.25, 0.3) is 21.8 Å². The molecule has 2 aromatic heterocycles. The zero-order chi connectivity index (χ0) is 28.6. The van der Waals surface area contributed by atoms with Crippen LogP contribution in [-0.4, -0.2) is 29.2 Å². The summed E-state index contributed by atoms with van der Waals surface area (Å²) in [6.45, 7) is 0. The van der Waals surface area contributed by atoms with E-state index in [0.29, 0.717) is 34.5 Å². The minimum Gasteiger partial charge on any atom is -0.384 e. The summed E-state index contributed by atoms with van der Waals surface area (Å²) in [5.41, 5.74) is 8.22. The van der Waals surface area contributed by atoms with Gasteiger partial charge in [-0.25, -0.2) is 17.7 Å². The highest BCUT2D eigenvalue weighted by Crippen LogP contribution is 2.37. The minimum atomic E-state index is -4.10. The van der Waals surface area contributed by atoms with Gasteiger partial charge in [0.25, 0.3) is 15.6 Å². The Morgan fingerprint density at radius 3 is 2.38 bits per heavy atom. The van der Waals surface area contributed by atoms with Crippen molar-refractivity contribution in [2.45, 2.75) is 11.3 Å².